The van der Waals surface area contributed by atoms with Crippen molar-refractivity contribution in [1.82, 2.24) is 0 Å². The largest absolute Gasteiger partial charge is 0.493 e. The summed E-state index contributed by atoms with van der Waals surface area (Å²) < 4.78 is 10.5. The van der Waals surface area contributed by atoms with Gasteiger partial charge in [-0.2, -0.15) is 0 Å². The van der Waals surface area contributed by atoms with Gasteiger partial charge in [0, 0.05) is 17.5 Å². The summed E-state index contributed by atoms with van der Waals surface area (Å²) in [5.41, 5.74) is 0. The van der Waals surface area contributed by atoms with Crippen molar-refractivity contribution in [1.29, 1.82) is 0 Å². The summed E-state index contributed by atoms with van der Waals surface area (Å²) in [6.07, 6.45) is 0.553. The van der Waals surface area contributed by atoms with Crippen LogP contribution in [0.4, 0.5) is 0 Å². The SMILES string of the molecule is COc1cc(Cl)ccc1OCCCC(=O)O. The van der Waals surface area contributed by atoms with Gasteiger partial charge in [-0.15, -0.1) is 0 Å². The summed E-state index contributed by atoms with van der Waals surface area (Å²) in [7, 11) is 1.52. The topological polar surface area (TPSA) is 55.8 Å². The molecule has 0 unspecified atom stereocenters. The van der Waals surface area contributed by atoms with E-state index in [1.807, 2.05) is 0 Å². The smallest absolute Gasteiger partial charge is 0.303 e. The Morgan fingerprint density at radius 2 is 2.19 bits per heavy atom. The second-order valence-corrected chi connectivity index (χ2v) is 3.58. The molecular weight excluding hydrogens is 232 g/mol. The van der Waals surface area contributed by atoms with Crippen LogP contribution < -0.4 is 9.47 Å². The first-order chi connectivity index (χ1) is 7.63. The van der Waals surface area contributed by atoms with Gasteiger partial charge in [-0.05, 0) is 18.6 Å². The first-order valence-electron chi connectivity index (χ1n) is 4.81. The zero-order valence-electron chi connectivity index (χ0n) is 8.90. The van der Waals surface area contributed by atoms with E-state index in [1.54, 1.807) is 18.2 Å². The maximum atomic E-state index is 10.3. The van der Waals surface area contributed by atoms with Crippen molar-refractivity contribution in [3.63, 3.8) is 0 Å². The van der Waals surface area contributed by atoms with Crippen molar-refractivity contribution in [3.8, 4) is 11.5 Å². The van der Waals surface area contributed by atoms with Gasteiger partial charge in [0.2, 0.25) is 0 Å². The molecule has 0 atom stereocenters. The highest BCUT2D eigenvalue weighted by atomic mass is 35.5. The standard InChI is InChI=1S/C11H13ClO4/c1-15-10-7-8(12)4-5-9(10)16-6-2-3-11(13)14/h4-5,7H,2-3,6H2,1H3,(H,13,14). The minimum absolute atomic E-state index is 0.0932. The number of carbonyl (C=O) groups is 1. The quantitative estimate of drug-likeness (QED) is 0.782. The summed E-state index contributed by atoms with van der Waals surface area (Å²) in [6, 6.07) is 5.03. The molecule has 1 aromatic rings. The predicted molar refractivity (Wildman–Crippen MR) is 60.4 cm³/mol. The summed E-state index contributed by atoms with van der Waals surface area (Å²) >= 11 is 5.79. The van der Waals surface area contributed by atoms with Crippen LogP contribution in [-0.2, 0) is 4.79 Å². The fraction of sp³-hybridized carbons (Fsp3) is 0.364. The Morgan fingerprint density at radius 3 is 2.81 bits per heavy atom. The fourth-order valence-electron chi connectivity index (χ4n) is 1.17. The summed E-state index contributed by atoms with van der Waals surface area (Å²) in [5.74, 6) is 0.284. The first kappa shape index (κ1) is 12.6. The average molecular weight is 245 g/mol. The monoisotopic (exact) mass is 244 g/mol. The number of carboxylic acids is 1. The van der Waals surface area contributed by atoms with Gasteiger partial charge >= 0.3 is 5.97 Å². The summed E-state index contributed by atoms with van der Waals surface area (Å²) in [5, 5.41) is 9.01. The van der Waals surface area contributed by atoms with Crippen LogP contribution >= 0.6 is 11.6 Å². The molecule has 0 saturated carbocycles. The maximum Gasteiger partial charge on any atom is 0.303 e. The number of hydrogen-bond donors (Lipinski definition) is 1. The molecule has 0 aromatic heterocycles. The van der Waals surface area contributed by atoms with Crippen molar-refractivity contribution < 1.29 is 19.4 Å². The normalized spacial score (nSPS) is 9.88. The second-order valence-electron chi connectivity index (χ2n) is 3.14. The summed E-state index contributed by atoms with van der Waals surface area (Å²) in [4.78, 5) is 10.3. The van der Waals surface area contributed by atoms with E-state index in [0.717, 1.165) is 0 Å². The number of aliphatic carboxylic acids is 1. The van der Waals surface area contributed by atoms with Crippen molar-refractivity contribution in [3.05, 3.63) is 23.2 Å². The Kier molecular flexibility index (Phi) is 4.92. The molecule has 5 heteroatoms. The third-order valence-corrected chi connectivity index (χ3v) is 2.15. The van der Waals surface area contributed by atoms with Crippen LogP contribution in [-0.4, -0.2) is 24.8 Å². The fourth-order valence-corrected chi connectivity index (χ4v) is 1.33. The zero-order valence-corrected chi connectivity index (χ0v) is 9.66. The molecule has 0 aliphatic rings. The van der Waals surface area contributed by atoms with Crippen molar-refractivity contribution in [2.45, 2.75) is 12.8 Å². The molecule has 0 spiro atoms. The number of halogens is 1. The number of methoxy groups -OCH3 is 1. The molecule has 1 N–H and O–H groups in total. The Labute approximate surface area is 98.7 Å². The molecule has 0 aliphatic carbocycles. The van der Waals surface area contributed by atoms with Gasteiger partial charge in [0.05, 0.1) is 13.7 Å². The van der Waals surface area contributed by atoms with Crippen LogP contribution in [0.15, 0.2) is 18.2 Å². The van der Waals surface area contributed by atoms with Crippen molar-refractivity contribution >= 4 is 17.6 Å². The number of rotatable bonds is 6. The highest BCUT2D eigenvalue weighted by Gasteiger charge is 2.05. The lowest BCUT2D eigenvalue weighted by Gasteiger charge is -2.10. The van der Waals surface area contributed by atoms with E-state index in [0.29, 0.717) is 29.5 Å². The first-order valence-corrected chi connectivity index (χ1v) is 5.19. The van der Waals surface area contributed by atoms with Crippen LogP contribution in [0.25, 0.3) is 0 Å². The highest BCUT2D eigenvalue weighted by Crippen LogP contribution is 2.29. The minimum atomic E-state index is -0.827. The van der Waals surface area contributed by atoms with Crippen molar-refractivity contribution in [2.75, 3.05) is 13.7 Å². The van der Waals surface area contributed by atoms with E-state index < -0.39 is 5.97 Å². The molecule has 1 aromatic carbocycles. The lowest BCUT2D eigenvalue weighted by Crippen LogP contribution is -2.02. The van der Waals surface area contributed by atoms with Crippen molar-refractivity contribution in [2.24, 2.45) is 0 Å². The van der Waals surface area contributed by atoms with Gasteiger partial charge in [0.1, 0.15) is 0 Å². The van der Waals surface area contributed by atoms with Gasteiger partial charge in [-0.3, -0.25) is 4.79 Å². The average Bonchev–Trinajstić information content (AvgIpc) is 2.25. The third kappa shape index (κ3) is 3.98. The number of benzene rings is 1. The van der Waals surface area contributed by atoms with Crippen LogP contribution in [0, 0.1) is 0 Å². The van der Waals surface area contributed by atoms with Gasteiger partial charge in [0.25, 0.3) is 0 Å². The van der Waals surface area contributed by atoms with E-state index in [9.17, 15) is 4.79 Å². The van der Waals surface area contributed by atoms with E-state index >= 15 is 0 Å². The highest BCUT2D eigenvalue weighted by molar-refractivity contribution is 6.30. The number of hydrogen-bond acceptors (Lipinski definition) is 3. The molecular formula is C11H13ClO4. The Bertz CT molecular complexity index is 365. The lowest BCUT2D eigenvalue weighted by molar-refractivity contribution is -0.137. The molecule has 0 fully saturated rings. The third-order valence-electron chi connectivity index (χ3n) is 1.92. The van der Waals surface area contributed by atoms with E-state index in [4.69, 9.17) is 26.2 Å². The van der Waals surface area contributed by atoms with E-state index in [2.05, 4.69) is 0 Å². The zero-order chi connectivity index (χ0) is 12.0. The van der Waals surface area contributed by atoms with E-state index in [-0.39, 0.29) is 6.42 Å². The Morgan fingerprint density at radius 1 is 1.44 bits per heavy atom. The maximum absolute atomic E-state index is 10.3. The van der Waals surface area contributed by atoms with Crippen LogP contribution in [0.2, 0.25) is 5.02 Å². The number of carboxylic acid groups (broad SMARTS) is 1. The van der Waals surface area contributed by atoms with Crippen LogP contribution in [0.3, 0.4) is 0 Å². The van der Waals surface area contributed by atoms with E-state index in [1.165, 1.54) is 7.11 Å². The molecule has 4 nitrogen and oxygen atoms in total. The Hall–Kier alpha value is -1.42. The lowest BCUT2D eigenvalue weighted by atomic mass is 10.3. The molecule has 0 heterocycles. The predicted octanol–water partition coefficient (Wildman–Crippen LogP) is 2.59. The van der Waals surface area contributed by atoms with Gasteiger partial charge in [-0.25, -0.2) is 0 Å². The minimum Gasteiger partial charge on any atom is -0.493 e. The molecule has 16 heavy (non-hydrogen) atoms. The molecule has 0 bridgehead atoms. The number of ether oxygens (including phenoxy) is 2. The van der Waals surface area contributed by atoms with Gasteiger partial charge < -0.3 is 14.6 Å². The van der Waals surface area contributed by atoms with Crippen LogP contribution in [0.5, 0.6) is 11.5 Å². The summed E-state index contributed by atoms with van der Waals surface area (Å²) in [6.45, 7) is 0.338. The molecule has 0 radical (unpaired) electrons. The van der Waals surface area contributed by atoms with Crippen LogP contribution in [0.1, 0.15) is 12.8 Å². The van der Waals surface area contributed by atoms with Gasteiger partial charge in [-0.1, -0.05) is 11.6 Å². The van der Waals surface area contributed by atoms with Gasteiger partial charge in [0.15, 0.2) is 11.5 Å². The second kappa shape index (κ2) is 6.23. The Balaban J connectivity index is 2.50. The molecule has 88 valence electrons. The molecule has 0 aliphatic heterocycles. The molecule has 0 saturated heterocycles. The molecule has 0 amide bonds. The molecule has 1 rings (SSSR count).